The van der Waals surface area contributed by atoms with Crippen LogP contribution in [-0.2, 0) is 6.54 Å². The summed E-state index contributed by atoms with van der Waals surface area (Å²) in [5.41, 5.74) is 10.0. The highest BCUT2D eigenvalue weighted by atomic mass is 16.1. The third-order valence-electron chi connectivity index (χ3n) is 4.09. The fourth-order valence-corrected chi connectivity index (χ4v) is 2.74. The Morgan fingerprint density at radius 1 is 1.12 bits per heavy atom. The summed E-state index contributed by atoms with van der Waals surface area (Å²) < 4.78 is 1.98. The Labute approximate surface area is 143 Å². The van der Waals surface area contributed by atoms with E-state index < -0.39 is 5.91 Å². The van der Waals surface area contributed by atoms with Gasteiger partial charge in [-0.15, -0.1) is 0 Å². The first-order valence-corrected chi connectivity index (χ1v) is 7.85. The second-order valence-corrected chi connectivity index (χ2v) is 5.80. The minimum atomic E-state index is -0.460. The van der Waals surface area contributed by atoms with Gasteiger partial charge in [0.25, 0.3) is 0 Å². The standard InChI is InChI=1S/C18H16N6O/c1-12-16(22-24(21-12)14-5-3-2-4-6-14)10-23-11-20-15-9-13(18(19)25)7-8-17(15)23/h2-9,11H,10H2,1H3,(H2,19,25). The Hall–Kier alpha value is -3.48. The number of hydrogen-bond donors (Lipinski definition) is 1. The lowest BCUT2D eigenvalue weighted by Crippen LogP contribution is -2.10. The minimum absolute atomic E-state index is 0.448. The number of aromatic nitrogens is 5. The lowest BCUT2D eigenvalue weighted by atomic mass is 10.2. The second-order valence-electron chi connectivity index (χ2n) is 5.80. The van der Waals surface area contributed by atoms with E-state index in [0.29, 0.717) is 12.1 Å². The smallest absolute Gasteiger partial charge is 0.248 e. The van der Waals surface area contributed by atoms with Gasteiger partial charge in [0.05, 0.1) is 35.3 Å². The minimum Gasteiger partial charge on any atom is -0.366 e. The maximum Gasteiger partial charge on any atom is 0.248 e. The number of carbonyl (C=O) groups is 1. The molecule has 2 N–H and O–H groups in total. The Kier molecular flexibility index (Phi) is 3.53. The van der Waals surface area contributed by atoms with Gasteiger partial charge in [-0.3, -0.25) is 4.79 Å². The number of para-hydroxylation sites is 1. The zero-order valence-electron chi connectivity index (χ0n) is 13.6. The monoisotopic (exact) mass is 332 g/mol. The van der Waals surface area contributed by atoms with Gasteiger partial charge in [0.1, 0.15) is 5.69 Å². The summed E-state index contributed by atoms with van der Waals surface area (Å²) in [7, 11) is 0. The maximum atomic E-state index is 11.3. The highest BCUT2D eigenvalue weighted by Crippen LogP contribution is 2.17. The molecule has 124 valence electrons. The normalized spacial score (nSPS) is 11.1. The summed E-state index contributed by atoms with van der Waals surface area (Å²) in [6, 6.07) is 15.0. The van der Waals surface area contributed by atoms with Crippen molar-refractivity contribution in [3.8, 4) is 5.69 Å². The molecule has 0 aliphatic carbocycles. The first-order valence-electron chi connectivity index (χ1n) is 7.85. The first kappa shape index (κ1) is 15.1. The van der Waals surface area contributed by atoms with Crippen LogP contribution in [0.2, 0.25) is 0 Å². The number of carbonyl (C=O) groups excluding carboxylic acids is 1. The van der Waals surface area contributed by atoms with Crippen molar-refractivity contribution < 1.29 is 4.79 Å². The number of fused-ring (bicyclic) bond motifs is 1. The van der Waals surface area contributed by atoms with E-state index in [0.717, 1.165) is 28.1 Å². The van der Waals surface area contributed by atoms with E-state index in [2.05, 4.69) is 15.2 Å². The summed E-state index contributed by atoms with van der Waals surface area (Å²) in [5, 5.41) is 9.08. The highest BCUT2D eigenvalue weighted by Gasteiger charge is 2.12. The summed E-state index contributed by atoms with van der Waals surface area (Å²) in [6.45, 7) is 2.48. The fraction of sp³-hybridized carbons (Fsp3) is 0.111. The molecule has 2 aromatic heterocycles. The molecule has 0 saturated carbocycles. The summed E-state index contributed by atoms with van der Waals surface area (Å²) in [6.07, 6.45) is 1.73. The summed E-state index contributed by atoms with van der Waals surface area (Å²) in [5.74, 6) is -0.460. The molecule has 0 fully saturated rings. The van der Waals surface area contributed by atoms with Gasteiger partial charge in [-0.25, -0.2) is 4.98 Å². The molecule has 4 aromatic rings. The highest BCUT2D eigenvalue weighted by molar-refractivity contribution is 5.96. The number of benzene rings is 2. The Morgan fingerprint density at radius 3 is 2.68 bits per heavy atom. The Balaban J connectivity index is 1.68. The molecule has 0 bridgehead atoms. The summed E-state index contributed by atoms with van der Waals surface area (Å²) >= 11 is 0. The van der Waals surface area contributed by atoms with Crippen molar-refractivity contribution in [2.45, 2.75) is 13.5 Å². The molecule has 7 heteroatoms. The lowest BCUT2D eigenvalue weighted by Gasteiger charge is -2.03. The molecule has 0 radical (unpaired) electrons. The van der Waals surface area contributed by atoms with Crippen LogP contribution in [0.25, 0.3) is 16.7 Å². The predicted octanol–water partition coefficient (Wildman–Crippen LogP) is 2.07. The number of imidazole rings is 1. The molecule has 4 rings (SSSR count). The van der Waals surface area contributed by atoms with E-state index in [1.807, 2.05) is 47.9 Å². The van der Waals surface area contributed by atoms with Crippen molar-refractivity contribution in [3.05, 3.63) is 71.8 Å². The van der Waals surface area contributed by atoms with E-state index >= 15 is 0 Å². The van der Waals surface area contributed by atoms with E-state index in [-0.39, 0.29) is 0 Å². The molecule has 0 aliphatic heterocycles. The molecule has 25 heavy (non-hydrogen) atoms. The molecule has 0 saturated heterocycles. The van der Waals surface area contributed by atoms with Crippen LogP contribution in [0.5, 0.6) is 0 Å². The lowest BCUT2D eigenvalue weighted by molar-refractivity contribution is 0.100. The fourth-order valence-electron chi connectivity index (χ4n) is 2.74. The molecule has 1 amide bonds. The van der Waals surface area contributed by atoms with Crippen LogP contribution in [0.15, 0.2) is 54.9 Å². The van der Waals surface area contributed by atoms with Crippen LogP contribution in [0.3, 0.4) is 0 Å². The molecule has 0 atom stereocenters. The molecule has 0 spiro atoms. The number of rotatable bonds is 4. The van der Waals surface area contributed by atoms with Crippen LogP contribution in [0, 0.1) is 6.92 Å². The van der Waals surface area contributed by atoms with E-state index in [9.17, 15) is 4.79 Å². The van der Waals surface area contributed by atoms with Crippen LogP contribution in [0.1, 0.15) is 21.7 Å². The predicted molar refractivity (Wildman–Crippen MR) is 93.4 cm³/mol. The number of hydrogen-bond acceptors (Lipinski definition) is 4. The topological polar surface area (TPSA) is 91.6 Å². The van der Waals surface area contributed by atoms with Gasteiger partial charge >= 0.3 is 0 Å². The van der Waals surface area contributed by atoms with Crippen LogP contribution in [-0.4, -0.2) is 30.5 Å². The van der Waals surface area contributed by atoms with E-state index in [1.165, 1.54) is 0 Å². The maximum absolute atomic E-state index is 11.3. The van der Waals surface area contributed by atoms with Gasteiger partial charge in [-0.2, -0.15) is 15.0 Å². The quantitative estimate of drug-likeness (QED) is 0.619. The number of primary amides is 1. The van der Waals surface area contributed by atoms with Gasteiger partial charge in [-0.1, -0.05) is 18.2 Å². The van der Waals surface area contributed by atoms with Crippen molar-refractivity contribution in [1.82, 2.24) is 24.5 Å². The zero-order valence-corrected chi connectivity index (χ0v) is 13.6. The van der Waals surface area contributed by atoms with Crippen molar-refractivity contribution >= 4 is 16.9 Å². The first-order chi connectivity index (χ1) is 12.1. The van der Waals surface area contributed by atoms with Gasteiger partial charge in [0.15, 0.2) is 0 Å². The van der Waals surface area contributed by atoms with Crippen LogP contribution in [0.4, 0.5) is 0 Å². The third-order valence-corrected chi connectivity index (χ3v) is 4.09. The van der Waals surface area contributed by atoms with E-state index in [1.54, 1.807) is 23.3 Å². The van der Waals surface area contributed by atoms with Crippen LogP contribution < -0.4 is 5.73 Å². The Morgan fingerprint density at radius 2 is 1.92 bits per heavy atom. The molecule has 0 aliphatic rings. The molecule has 2 aromatic carbocycles. The number of nitrogens with zero attached hydrogens (tertiary/aromatic N) is 5. The van der Waals surface area contributed by atoms with Crippen molar-refractivity contribution in [2.75, 3.05) is 0 Å². The van der Waals surface area contributed by atoms with Crippen LogP contribution >= 0.6 is 0 Å². The van der Waals surface area contributed by atoms with Crippen molar-refractivity contribution in [3.63, 3.8) is 0 Å². The average molecular weight is 332 g/mol. The van der Waals surface area contributed by atoms with Gasteiger partial charge in [0.2, 0.25) is 5.91 Å². The zero-order chi connectivity index (χ0) is 17.4. The number of aryl methyl sites for hydroxylation is 1. The summed E-state index contributed by atoms with van der Waals surface area (Å²) in [4.78, 5) is 17.3. The van der Waals surface area contributed by atoms with Gasteiger partial charge < -0.3 is 10.3 Å². The third kappa shape index (κ3) is 2.76. The van der Waals surface area contributed by atoms with Crippen molar-refractivity contribution in [2.24, 2.45) is 5.73 Å². The molecular formula is C18H16N6O. The average Bonchev–Trinajstić information content (AvgIpc) is 3.19. The number of nitrogens with two attached hydrogens (primary N) is 1. The molecule has 2 heterocycles. The molecular weight excluding hydrogens is 316 g/mol. The molecule has 7 nitrogen and oxygen atoms in total. The Bertz CT molecular complexity index is 1060. The number of amides is 1. The second kappa shape index (κ2) is 5.86. The SMILES string of the molecule is Cc1nn(-c2ccccc2)nc1Cn1cnc2cc(C(N)=O)ccc21. The van der Waals surface area contributed by atoms with E-state index in [4.69, 9.17) is 5.73 Å². The van der Waals surface area contributed by atoms with Gasteiger partial charge in [0, 0.05) is 5.56 Å². The van der Waals surface area contributed by atoms with Gasteiger partial charge in [-0.05, 0) is 37.3 Å². The largest absolute Gasteiger partial charge is 0.366 e. The molecule has 0 unspecified atom stereocenters. The van der Waals surface area contributed by atoms with Crippen molar-refractivity contribution in [1.29, 1.82) is 0 Å².